The smallest absolute Gasteiger partial charge is 0.272 e. The highest BCUT2D eigenvalue weighted by atomic mass is 16.5. The number of rotatable bonds is 7. The Hall–Kier alpha value is -2.33. The van der Waals surface area contributed by atoms with Gasteiger partial charge in [-0.3, -0.25) is 9.69 Å². The molecule has 4 heteroatoms. The fourth-order valence-electron chi connectivity index (χ4n) is 3.81. The van der Waals surface area contributed by atoms with Crippen LogP contribution in [0.2, 0.25) is 0 Å². The van der Waals surface area contributed by atoms with Gasteiger partial charge in [0.15, 0.2) is 0 Å². The number of carbonyl (C=O) groups excluding carboxylic acids is 1. The zero-order valence-electron chi connectivity index (χ0n) is 16.8. The first kappa shape index (κ1) is 19.4. The molecule has 2 aromatic carbocycles. The molecule has 0 saturated carbocycles. The van der Waals surface area contributed by atoms with E-state index in [1.165, 1.54) is 0 Å². The summed E-state index contributed by atoms with van der Waals surface area (Å²) in [5.41, 5.74) is 1.77. The third-order valence-electron chi connectivity index (χ3n) is 5.12. The van der Waals surface area contributed by atoms with E-state index in [4.69, 9.17) is 4.74 Å². The molecule has 2 aromatic rings. The highest BCUT2D eigenvalue weighted by molar-refractivity contribution is 6.00. The van der Waals surface area contributed by atoms with Gasteiger partial charge < -0.3 is 9.64 Å². The summed E-state index contributed by atoms with van der Waals surface area (Å²) in [5.74, 6) is 0.788. The molecule has 0 bridgehead atoms. The fraction of sp³-hybridized carbons (Fsp3) is 0.435. The number of fused-ring (bicyclic) bond motifs is 1. The molecule has 144 valence electrons. The summed E-state index contributed by atoms with van der Waals surface area (Å²) in [6.07, 6.45) is 0.352. The molecule has 1 aliphatic rings. The van der Waals surface area contributed by atoms with E-state index in [1.807, 2.05) is 59.5 Å². The summed E-state index contributed by atoms with van der Waals surface area (Å²) in [6, 6.07) is 18.6. The average molecular weight is 367 g/mol. The molecule has 3 rings (SSSR count). The zero-order chi connectivity index (χ0) is 19.4. The van der Waals surface area contributed by atoms with Crippen LogP contribution in [0.25, 0.3) is 0 Å². The molecule has 1 aliphatic heterocycles. The first-order valence-electron chi connectivity index (χ1n) is 9.86. The van der Waals surface area contributed by atoms with E-state index in [0.717, 1.165) is 30.0 Å². The monoisotopic (exact) mass is 366 g/mol. The number of anilines is 1. The SMILES string of the molecule is CC(C)N(CCCN1C(=O)C(c2ccccc2)Oc2ccccc21)C(C)C. The maximum absolute atomic E-state index is 13.2. The van der Waals surface area contributed by atoms with Gasteiger partial charge in [-0.2, -0.15) is 0 Å². The number of amides is 1. The number of carbonyl (C=O) groups is 1. The summed E-state index contributed by atoms with van der Waals surface area (Å²) < 4.78 is 6.06. The Kier molecular flexibility index (Phi) is 6.17. The predicted molar refractivity (Wildman–Crippen MR) is 110 cm³/mol. The lowest BCUT2D eigenvalue weighted by molar-refractivity contribution is -0.126. The van der Waals surface area contributed by atoms with Crippen LogP contribution in [0, 0.1) is 0 Å². The van der Waals surface area contributed by atoms with Crippen LogP contribution in [0.5, 0.6) is 5.75 Å². The lowest BCUT2D eigenvalue weighted by Crippen LogP contribution is -2.43. The van der Waals surface area contributed by atoms with Gasteiger partial charge >= 0.3 is 0 Å². The van der Waals surface area contributed by atoms with Crippen molar-refractivity contribution in [3.8, 4) is 5.75 Å². The summed E-state index contributed by atoms with van der Waals surface area (Å²) >= 11 is 0. The van der Waals surface area contributed by atoms with Gasteiger partial charge in [-0.05, 0) is 46.2 Å². The maximum Gasteiger partial charge on any atom is 0.272 e. The van der Waals surface area contributed by atoms with Crippen LogP contribution in [-0.2, 0) is 4.79 Å². The highest BCUT2D eigenvalue weighted by Gasteiger charge is 2.35. The molecule has 0 saturated heterocycles. The van der Waals surface area contributed by atoms with Crippen LogP contribution >= 0.6 is 0 Å². The van der Waals surface area contributed by atoms with Gasteiger partial charge in [0.25, 0.3) is 5.91 Å². The molecule has 1 unspecified atom stereocenters. The van der Waals surface area contributed by atoms with Crippen molar-refractivity contribution >= 4 is 11.6 Å². The Labute approximate surface area is 162 Å². The highest BCUT2D eigenvalue weighted by Crippen LogP contribution is 2.38. The van der Waals surface area contributed by atoms with Crippen LogP contribution in [0.3, 0.4) is 0 Å². The molecule has 0 spiro atoms. The van der Waals surface area contributed by atoms with E-state index < -0.39 is 6.10 Å². The van der Waals surface area contributed by atoms with Crippen LogP contribution in [0.1, 0.15) is 45.8 Å². The number of hydrogen-bond acceptors (Lipinski definition) is 3. The van der Waals surface area contributed by atoms with Crippen LogP contribution in [0.15, 0.2) is 54.6 Å². The third-order valence-corrected chi connectivity index (χ3v) is 5.12. The van der Waals surface area contributed by atoms with Crippen molar-refractivity contribution in [2.24, 2.45) is 0 Å². The molecule has 1 atom stereocenters. The van der Waals surface area contributed by atoms with Crippen molar-refractivity contribution in [2.75, 3.05) is 18.0 Å². The van der Waals surface area contributed by atoms with Crippen molar-refractivity contribution in [3.63, 3.8) is 0 Å². The van der Waals surface area contributed by atoms with Gasteiger partial charge in [0, 0.05) is 30.7 Å². The summed E-state index contributed by atoms with van der Waals surface area (Å²) in [6.45, 7) is 10.6. The lowest BCUT2D eigenvalue weighted by Gasteiger charge is -2.36. The second kappa shape index (κ2) is 8.57. The van der Waals surface area contributed by atoms with E-state index in [2.05, 4.69) is 32.6 Å². The van der Waals surface area contributed by atoms with Gasteiger partial charge in [0.05, 0.1) is 5.69 Å². The Morgan fingerprint density at radius 2 is 1.59 bits per heavy atom. The number of benzene rings is 2. The minimum Gasteiger partial charge on any atom is -0.474 e. The van der Waals surface area contributed by atoms with Crippen molar-refractivity contribution in [2.45, 2.75) is 52.3 Å². The Balaban J connectivity index is 1.79. The molecule has 1 amide bonds. The number of ether oxygens (including phenoxy) is 1. The fourth-order valence-corrected chi connectivity index (χ4v) is 3.81. The number of para-hydroxylation sites is 2. The number of nitrogens with zero attached hydrogens (tertiary/aromatic N) is 2. The Morgan fingerprint density at radius 1 is 0.963 bits per heavy atom. The molecule has 4 nitrogen and oxygen atoms in total. The average Bonchev–Trinajstić information content (AvgIpc) is 2.66. The first-order chi connectivity index (χ1) is 13.0. The Morgan fingerprint density at radius 3 is 2.26 bits per heavy atom. The zero-order valence-corrected chi connectivity index (χ0v) is 16.8. The van der Waals surface area contributed by atoms with E-state index in [1.54, 1.807) is 0 Å². The third kappa shape index (κ3) is 4.33. The summed E-state index contributed by atoms with van der Waals surface area (Å²) in [4.78, 5) is 17.6. The molecule has 0 aliphatic carbocycles. The first-order valence-corrected chi connectivity index (χ1v) is 9.86. The van der Waals surface area contributed by atoms with E-state index >= 15 is 0 Å². The van der Waals surface area contributed by atoms with Crippen molar-refractivity contribution < 1.29 is 9.53 Å². The Bertz CT molecular complexity index is 750. The minimum atomic E-state index is -0.576. The quantitative estimate of drug-likeness (QED) is 0.714. The van der Waals surface area contributed by atoms with Gasteiger partial charge in [0.2, 0.25) is 6.10 Å². The molecule has 0 aromatic heterocycles. The second-order valence-corrected chi connectivity index (χ2v) is 7.65. The maximum atomic E-state index is 13.2. The van der Waals surface area contributed by atoms with E-state index in [9.17, 15) is 4.79 Å². The van der Waals surface area contributed by atoms with E-state index in [0.29, 0.717) is 18.6 Å². The van der Waals surface area contributed by atoms with Crippen LogP contribution in [-0.4, -0.2) is 36.0 Å². The van der Waals surface area contributed by atoms with E-state index in [-0.39, 0.29) is 5.91 Å². The second-order valence-electron chi connectivity index (χ2n) is 7.65. The summed E-state index contributed by atoms with van der Waals surface area (Å²) in [5, 5.41) is 0. The standard InChI is InChI=1S/C23H30N2O2/c1-17(2)24(18(3)4)15-10-16-25-20-13-8-9-14-21(20)27-22(23(25)26)19-11-6-5-7-12-19/h5-9,11-14,17-18,22H,10,15-16H2,1-4H3. The van der Waals surface area contributed by atoms with Crippen LogP contribution in [0.4, 0.5) is 5.69 Å². The van der Waals surface area contributed by atoms with Crippen molar-refractivity contribution in [3.05, 3.63) is 60.2 Å². The molecule has 1 heterocycles. The normalized spacial score (nSPS) is 16.8. The van der Waals surface area contributed by atoms with Gasteiger partial charge in [-0.1, -0.05) is 42.5 Å². The topological polar surface area (TPSA) is 32.8 Å². The van der Waals surface area contributed by atoms with Crippen LogP contribution < -0.4 is 9.64 Å². The molecule has 0 radical (unpaired) electrons. The van der Waals surface area contributed by atoms with Gasteiger partial charge in [-0.25, -0.2) is 0 Å². The molecular formula is C23H30N2O2. The predicted octanol–water partition coefficient (Wildman–Crippen LogP) is 4.66. The largest absolute Gasteiger partial charge is 0.474 e. The van der Waals surface area contributed by atoms with Gasteiger partial charge in [-0.15, -0.1) is 0 Å². The van der Waals surface area contributed by atoms with Gasteiger partial charge in [0.1, 0.15) is 5.75 Å². The van der Waals surface area contributed by atoms with Crippen molar-refractivity contribution in [1.82, 2.24) is 4.90 Å². The molecule has 27 heavy (non-hydrogen) atoms. The molecular weight excluding hydrogens is 336 g/mol. The van der Waals surface area contributed by atoms with Crippen molar-refractivity contribution in [1.29, 1.82) is 0 Å². The lowest BCUT2D eigenvalue weighted by atomic mass is 10.0. The molecule has 0 N–H and O–H groups in total. The molecule has 0 fully saturated rings. The summed E-state index contributed by atoms with van der Waals surface area (Å²) in [7, 11) is 0. The minimum absolute atomic E-state index is 0.0144. The number of hydrogen-bond donors (Lipinski definition) is 0.